The van der Waals surface area contributed by atoms with Crippen LogP contribution in [0.4, 0.5) is 8.78 Å². The summed E-state index contributed by atoms with van der Waals surface area (Å²) >= 11 is 0. The van der Waals surface area contributed by atoms with Crippen molar-refractivity contribution in [3.8, 4) is 0 Å². The van der Waals surface area contributed by atoms with Crippen molar-refractivity contribution in [1.29, 1.82) is 0 Å². The first kappa shape index (κ1) is 22.4. The average Bonchev–Trinajstić information content (AvgIpc) is 2.83. The molecule has 2 amide bonds. The summed E-state index contributed by atoms with van der Waals surface area (Å²) < 4.78 is 27.2. The molecule has 1 heterocycles. The maximum Gasteiger partial charge on any atom is 0.274 e. The van der Waals surface area contributed by atoms with Gasteiger partial charge in [0.15, 0.2) is 11.6 Å². The zero-order valence-corrected chi connectivity index (χ0v) is 17.9. The second kappa shape index (κ2) is 9.34. The molecule has 0 saturated heterocycles. The summed E-state index contributed by atoms with van der Waals surface area (Å²) in [4.78, 5) is 27.0. The van der Waals surface area contributed by atoms with Gasteiger partial charge in [-0.2, -0.15) is 0 Å². The quantitative estimate of drug-likeness (QED) is 0.267. The predicted molar refractivity (Wildman–Crippen MR) is 120 cm³/mol. The van der Waals surface area contributed by atoms with E-state index < -0.39 is 17.5 Å². The number of nitrogens with zero attached hydrogens (tertiary/aromatic N) is 1. The van der Waals surface area contributed by atoms with Crippen molar-refractivity contribution < 1.29 is 23.6 Å². The van der Waals surface area contributed by atoms with Crippen LogP contribution in [0.3, 0.4) is 0 Å². The summed E-state index contributed by atoms with van der Waals surface area (Å²) in [7, 11) is 0. The summed E-state index contributed by atoms with van der Waals surface area (Å²) in [5.41, 5.74) is 6.16. The summed E-state index contributed by atoms with van der Waals surface area (Å²) in [5.74, 6) is -2.82. The molecule has 0 bridgehead atoms. The zero-order chi connectivity index (χ0) is 23.5. The van der Waals surface area contributed by atoms with Gasteiger partial charge < -0.3 is 4.90 Å². The van der Waals surface area contributed by atoms with E-state index in [-0.39, 0.29) is 12.5 Å². The van der Waals surface area contributed by atoms with E-state index in [2.05, 4.69) is 0 Å². The molecule has 1 aliphatic heterocycles. The minimum atomic E-state index is -0.985. The number of amides is 2. The van der Waals surface area contributed by atoms with E-state index in [9.17, 15) is 18.4 Å². The zero-order valence-electron chi connectivity index (χ0n) is 17.9. The number of fused-ring (bicyclic) bond motifs is 1. The molecule has 168 valence electrons. The fraction of sp³-hybridized carbons (Fsp3) is 0.154. The van der Waals surface area contributed by atoms with Crippen LogP contribution in [0.25, 0.3) is 11.6 Å². The number of carbonyl (C=O) groups excluding carboxylic acids is 2. The molecule has 0 aromatic heterocycles. The van der Waals surface area contributed by atoms with Crippen molar-refractivity contribution in [3.05, 3.63) is 106 Å². The van der Waals surface area contributed by atoms with E-state index in [1.54, 1.807) is 28.6 Å². The van der Waals surface area contributed by atoms with Crippen LogP contribution in [0.15, 0.2) is 60.7 Å². The average molecular weight is 448 g/mol. The number of carbonyl (C=O) groups is 2. The standard InChI is InChI=1S/C26H22F2N2O3/c1-16-2-5-19(6-3-16)22(12-17-4-9-23(27)24(28)13-17)26(32)30-11-10-18-7-8-20(25(31)29-33)14-21(18)15-30/h2-9,12-14,33H,10-11,15H2,1H3,(H,29,31)/b22-12+. The third kappa shape index (κ3) is 4.83. The van der Waals surface area contributed by atoms with Gasteiger partial charge in [-0.25, -0.2) is 14.3 Å². The minimum Gasteiger partial charge on any atom is -0.334 e. The Balaban J connectivity index is 1.70. The smallest absolute Gasteiger partial charge is 0.274 e. The number of hydroxylamine groups is 1. The van der Waals surface area contributed by atoms with Gasteiger partial charge in [0.05, 0.1) is 0 Å². The SMILES string of the molecule is Cc1ccc(/C(=C\c2ccc(F)c(F)c2)C(=O)N2CCc3ccc(C(=O)NO)cc3C2)cc1. The molecule has 0 aliphatic carbocycles. The van der Waals surface area contributed by atoms with Crippen molar-refractivity contribution in [3.63, 3.8) is 0 Å². The minimum absolute atomic E-state index is 0.258. The van der Waals surface area contributed by atoms with Gasteiger partial charge in [0.1, 0.15) is 0 Å². The molecular weight excluding hydrogens is 426 g/mol. The van der Waals surface area contributed by atoms with Crippen molar-refractivity contribution in [2.45, 2.75) is 19.9 Å². The number of hydrogen-bond acceptors (Lipinski definition) is 3. The Morgan fingerprint density at radius 1 is 0.939 bits per heavy atom. The van der Waals surface area contributed by atoms with Gasteiger partial charge in [0.25, 0.3) is 11.8 Å². The monoisotopic (exact) mass is 448 g/mol. The number of hydrogen-bond donors (Lipinski definition) is 2. The molecule has 5 nitrogen and oxygen atoms in total. The molecule has 3 aromatic carbocycles. The molecule has 0 radical (unpaired) electrons. The molecule has 7 heteroatoms. The highest BCUT2D eigenvalue weighted by Crippen LogP contribution is 2.27. The summed E-state index contributed by atoms with van der Waals surface area (Å²) in [5, 5.41) is 8.91. The maximum absolute atomic E-state index is 13.8. The topological polar surface area (TPSA) is 69.6 Å². The lowest BCUT2D eigenvalue weighted by atomic mass is 9.95. The van der Waals surface area contributed by atoms with Gasteiger partial charge in [-0.15, -0.1) is 0 Å². The van der Waals surface area contributed by atoms with Gasteiger partial charge in [-0.1, -0.05) is 42.0 Å². The van der Waals surface area contributed by atoms with Crippen LogP contribution >= 0.6 is 0 Å². The number of rotatable bonds is 4. The lowest BCUT2D eigenvalue weighted by molar-refractivity contribution is -0.125. The second-order valence-corrected chi connectivity index (χ2v) is 8.00. The molecule has 0 atom stereocenters. The fourth-order valence-corrected chi connectivity index (χ4v) is 3.88. The summed E-state index contributed by atoms with van der Waals surface area (Å²) in [6.45, 7) is 2.69. The Kier molecular flexibility index (Phi) is 6.33. The number of halogens is 2. The number of benzene rings is 3. The highest BCUT2D eigenvalue weighted by atomic mass is 19.2. The van der Waals surface area contributed by atoms with Crippen molar-refractivity contribution in [2.24, 2.45) is 0 Å². The lowest BCUT2D eigenvalue weighted by Gasteiger charge is -2.30. The van der Waals surface area contributed by atoms with E-state index >= 15 is 0 Å². The van der Waals surface area contributed by atoms with E-state index in [0.717, 1.165) is 28.8 Å². The lowest BCUT2D eigenvalue weighted by Crippen LogP contribution is -2.36. The Morgan fingerprint density at radius 3 is 2.36 bits per heavy atom. The van der Waals surface area contributed by atoms with Gasteiger partial charge in [0.2, 0.25) is 0 Å². The third-order valence-electron chi connectivity index (χ3n) is 5.72. The summed E-state index contributed by atoms with van der Waals surface area (Å²) in [6, 6.07) is 16.0. The molecule has 2 N–H and O–H groups in total. The van der Waals surface area contributed by atoms with Crippen LogP contribution in [0, 0.1) is 18.6 Å². The first-order valence-corrected chi connectivity index (χ1v) is 10.4. The first-order valence-electron chi connectivity index (χ1n) is 10.4. The van der Waals surface area contributed by atoms with Crippen LogP contribution in [0.5, 0.6) is 0 Å². The Labute approximate surface area is 189 Å². The van der Waals surface area contributed by atoms with Gasteiger partial charge in [-0.3, -0.25) is 14.8 Å². The van der Waals surface area contributed by atoms with Gasteiger partial charge in [0, 0.05) is 24.2 Å². The molecular formula is C26H22F2N2O3. The first-order chi connectivity index (χ1) is 15.9. The van der Waals surface area contributed by atoms with Crippen LogP contribution in [0.2, 0.25) is 0 Å². The maximum atomic E-state index is 13.8. The van der Waals surface area contributed by atoms with E-state index in [4.69, 9.17) is 5.21 Å². The molecule has 1 aliphatic rings. The predicted octanol–water partition coefficient (Wildman–Crippen LogP) is 4.52. The molecule has 4 rings (SSSR count). The van der Waals surface area contributed by atoms with E-state index in [1.807, 2.05) is 37.3 Å². The normalized spacial score (nSPS) is 13.5. The van der Waals surface area contributed by atoms with Gasteiger partial charge >= 0.3 is 0 Å². The number of aryl methyl sites for hydroxylation is 1. The highest BCUT2D eigenvalue weighted by molar-refractivity contribution is 6.24. The van der Waals surface area contributed by atoms with Crippen LogP contribution in [-0.4, -0.2) is 28.5 Å². The molecule has 0 fully saturated rings. The second-order valence-electron chi connectivity index (χ2n) is 8.00. The fourth-order valence-electron chi connectivity index (χ4n) is 3.88. The number of nitrogens with one attached hydrogen (secondary N) is 1. The van der Waals surface area contributed by atoms with Crippen LogP contribution in [-0.2, 0) is 17.8 Å². The molecule has 0 spiro atoms. The van der Waals surface area contributed by atoms with Crippen molar-refractivity contribution in [1.82, 2.24) is 10.4 Å². The molecule has 3 aromatic rings. The van der Waals surface area contributed by atoms with Crippen molar-refractivity contribution >= 4 is 23.5 Å². The Hall–Kier alpha value is -3.84. The Morgan fingerprint density at radius 2 is 1.67 bits per heavy atom. The van der Waals surface area contributed by atoms with Crippen molar-refractivity contribution in [2.75, 3.05) is 6.54 Å². The highest BCUT2D eigenvalue weighted by Gasteiger charge is 2.25. The molecule has 0 unspecified atom stereocenters. The third-order valence-corrected chi connectivity index (χ3v) is 5.72. The van der Waals surface area contributed by atoms with Crippen LogP contribution < -0.4 is 5.48 Å². The molecule has 33 heavy (non-hydrogen) atoms. The van der Waals surface area contributed by atoms with Gasteiger partial charge in [-0.05, 0) is 65.9 Å². The largest absolute Gasteiger partial charge is 0.334 e. The van der Waals surface area contributed by atoms with E-state index in [0.29, 0.717) is 35.2 Å². The van der Waals surface area contributed by atoms with E-state index in [1.165, 1.54) is 6.07 Å². The van der Waals surface area contributed by atoms with Crippen LogP contribution in [0.1, 0.15) is 38.2 Å². The Bertz CT molecular complexity index is 1250. The summed E-state index contributed by atoms with van der Waals surface area (Å²) in [6.07, 6.45) is 2.16. The molecule has 0 saturated carbocycles.